The third-order valence-electron chi connectivity index (χ3n) is 5.22. The molecular formula is C16H31N3O. The average Bonchev–Trinajstić information content (AvgIpc) is 2.74. The second-order valence-electron chi connectivity index (χ2n) is 6.60. The molecule has 2 aliphatic rings. The van der Waals surface area contributed by atoms with Crippen LogP contribution in [0.5, 0.6) is 0 Å². The Kier molecular flexibility index (Phi) is 5.85. The zero-order valence-corrected chi connectivity index (χ0v) is 13.0. The Morgan fingerprint density at radius 1 is 1.25 bits per heavy atom. The van der Waals surface area contributed by atoms with Crippen LogP contribution in [-0.2, 0) is 4.79 Å². The molecule has 4 heteroatoms. The third-order valence-corrected chi connectivity index (χ3v) is 5.22. The summed E-state index contributed by atoms with van der Waals surface area (Å²) in [4.78, 5) is 15.2. The van der Waals surface area contributed by atoms with E-state index in [0.29, 0.717) is 12.6 Å². The van der Waals surface area contributed by atoms with Gasteiger partial charge in [0.05, 0.1) is 5.41 Å². The smallest absolute Gasteiger partial charge is 0.227 e. The summed E-state index contributed by atoms with van der Waals surface area (Å²) in [7, 11) is 0. The summed E-state index contributed by atoms with van der Waals surface area (Å²) in [6.45, 7) is 5.95. The highest BCUT2D eigenvalue weighted by Gasteiger charge is 2.38. The van der Waals surface area contributed by atoms with E-state index < -0.39 is 0 Å². The first kappa shape index (κ1) is 15.8. The first-order valence-corrected chi connectivity index (χ1v) is 8.43. The fourth-order valence-corrected chi connectivity index (χ4v) is 3.73. The lowest BCUT2D eigenvalue weighted by Crippen LogP contribution is -2.53. The molecule has 1 saturated heterocycles. The third kappa shape index (κ3) is 3.73. The molecule has 3 N–H and O–H groups in total. The number of piperidine rings is 1. The number of carbonyl (C=O) groups is 1. The molecule has 1 saturated carbocycles. The Morgan fingerprint density at radius 2 is 1.95 bits per heavy atom. The van der Waals surface area contributed by atoms with E-state index in [1.54, 1.807) is 0 Å². The molecule has 1 aliphatic heterocycles. The number of rotatable bonds is 4. The molecule has 4 nitrogen and oxygen atoms in total. The molecule has 2 fully saturated rings. The van der Waals surface area contributed by atoms with Crippen molar-refractivity contribution < 1.29 is 4.79 Å². The maximum atomic E-state index is 12.8. The van der Waals surface area contributed by atoms with Crippen LogP contribution in [0.25, 0.3) is 0 Å². The number of hydrogen-bond acceptors (Lipinski definition) is 3. The largest absolute Gasteiger partial charge is 0.352 e. The Morgan fingerprint density at radius 3 is 2.55 bits per heavy atom. The summed E-state index contributed by atoms with van der Waals surface area (Å²) >= 11 is 0. The molecule has 1 aliphatic carbocycles. The first-order valence-electron chi connectivity index (χ1n) is 8.43. The molecule has 116 valence electrons. The van der Waals surface area contributed by atoms with Crippen molar-refractivity contribution in [2.75, 3.05) is 26.2 Å². The van der Waals surface area contributed by atoms with Gasteiger partial charge >= 0.3 is 0 Å². The minimum absolute atomic E-state index is 0.227. The van der Waals surface area contributed by atoms with E-state index in [2.05, 4.69) is 17.1 Å². The maximum Gasteiger partial charge on any atom is 0.227 e. The van der Waals surface area contributed by atoms with Gasteiger partial charge in [-0.25, -0.2) is 0 Å². The first-order chi connectivity index (χ1) is 9.70. The lowest BCUT2D eigenvalue weighted by Gasteiger charge is -2.36. The van der Waals surface area contributed by atoms with Crippen LogP contribution in [-0.4, -0.2) is 43.0 Å². The van der Waals surface area contributed by atoms with Gasteiger partial charge in [-0.05, 0) is 38.8 Å². The molecule has 0 aromatic heterocycles. The van der Waals surface area contributed by atoms with E-state index in [1.165, 1.54) is 25.8 Å². The Hall–Kier alpha value is -0.610. The highest BCUT2D eigenvalue weighted by atomic mass is 16.2. The van der Waals surface area contributed by atoms with Crippen LogP contribution < -0.4 is 11.1 Å². The van der Waals surface area contributed by atoms with Gasteiger partial charge in [0.2, 0.25) is 5.91 Å². The number of hydrogen-bond donors (Lipinski definition) is 2. The van der Waals surface area contributed by atoms with Crippen LogP contribution in [0.4, 0.5) is 0 Å². The van der Waals surface area contributed by atoms with Crippen molar-refractivity contribution in [3.63, 3.8) is 0 Å². The SMILES string of the molecule is CCN1CCCC(NC(=O)C2(CN)CCCCCC2)C1. The fourth-order valence-electron chi connectivity index (χ4n) is 3.73. The van der Waals surface area contributed by atoms with Gasteiger partial charge in [0.25, 0.3) is 0 Å². The van der Waals surface area contributed by atoms with Gasteiger partial charge in [0.1, 0.15) is 0 Å². The number of likely N-dealkylation sites (N-methyl/N-ethyl adjacent to an activating group) is 1. The molecule has 1 amide bonds. The number of carbonyl (C=O) groups excluding carboxylic acids is 1. The lowest BCUT2D eigenvalue weighted by atomic mass is 9.79. The summed E-state index contributed by atoms with van der Waals surface area (Å²) in [5.41, 5.74) is 5.71. The Balaban J connectivity index is 1.94. The Labute approximate surface area is 123 Å². The van der Waals surface area contributed by atoms with Gasteiger partial charge in [-0.15, -0.1) is 0 Å². The van der Waals surface area contributed by atoms with E-state index >= 15 is 0 Å². The van der Waals surface area contributed by atoms with Crippen molar-refractivity contribution >= 4 is 5.91 Å². The van der Waals surface area contributed by atoms with Gasteiger partial charge in [-0.2, -0.15) is 0 Å². The molecule has 1 heterocycles. The predicted molar refractivity (Wildman–Crippen MR) is 82.5 cm³/mol. The van der Waals surface area contributed by atoms with Gasteiger partial charge in [-0.1, -0.05) is 32.6 Å². The van der Waals surface area contributed by atoms with Gasteiger partial charge < -0.3 is 16.0 Å². The van der Waals surface area contributed by atoms with E-state index in [0.717, 1.165) is 45.2 Å². The monoisotopic (exact) mass is 281 g/mol. The minimum Gasteiger partial charge on any atom is -0.352 e. The molecule has 0 spiro atoms. The molecule has 0 aromatic rings. The van der Waals surface area contributed by atoms with Crippen LogP contribution in [0.1, 0.15) is 58.3 Å². The van der Waals surface area contributed by atoms with Gasteiger partial charge in [0.15, 0.2) is 0 Å². The van der Waals surface area contributed by atoms with Crippen LogP contribution in [0.3, 0.4) is 0 Å². The number of nitrogens with zero attached hydrogens (tertiary/aromatic N) is 1. The lowest BCUT2D eigenvalue weighted by molar-refractivity contribution is -0.132. The van der Waals surface area contributed by atoms with Crippen molar-refractivity contribution in [2.45, 2.75) is 64.3 Å². The van der Waals surface area contributed by atoms with Crippen molar-refractivity contribution in [3.05, 3.63) is 0 Å². The second-order valence-corrected chi connectivity index (χ2v) is 6.60. The van der Waals surface area contributed by atoms with Crippen LogP contribution in [0, 0.1) is 5.41 Å². The van der Waals surface area contributed by atoms with Crippen LogP contribution in [0.2, 0.25) is 0 Å². The van der Waals surface area contributed by atoms with E-state index in [4.69, 9.17) is 5.73 Å². The molecule has 0 radical (unpaired) electrons. The van der Waals surface area contributed by atoms with E-state index in [1.807, 2.05) is 0 Å². The van der Waals surface area contributed by atoms with Gasteiger partial charge in [0, 0.05) is 19.1 Å². The molecule has 20 heavy (non-hydrogen) atoms. The van der Waals surface area contributed by atoms with Gasteiger partial charge in [-0.3, -0.25) is 4.79 Å². The number of nitrogens with two attached hydrogens (primary N) is 1. The second kappa shape index (κ2) is 7.41. The van der Waals surface area contributed by atoms with Crippen LogP contribution >= 0.6 is 0 Å². The summed E-state index contributed by atoms with van der Waals surface area (Å²) in [6, 6.07) is 0.322. The quantitative estimate of drug-likeness (QED) is 0.774. The zero-order chi connectivity index (χ0) is 14.4. The summed E-state index contributed by atoms with van der Waals surface area (Å²) in [5.74, 6) is 0.227. The van der Waals surface area contributed by atoms with Crippen molar-refractivity contribution in [3.8, 4) is 0 Å². The van der Waals surface area contributed by atoms with E-state index in [-0.39, 0.29) is 11.3 Å². The van der Waals surface area contributed by atoms with E-state index in [9.17, 15) is 4.79 Å². The molecular weight excluding hydrogens is 250 g/mol. The zero-order valence-electron chi connectivity index (χ0n) is 13.0. The molecule has 0 aromatic carbocycles. The highest BCUT2D eigenvalue weighted by Crippen LogP contribution is 2.34. The van der Waals surface area contributed by atoms with Crippen LogP contribution in [0.15, 0.2) is 0 Å². The van der Waals surface area contributed by atoms with Crippen molar-refractivity contribution in [2.24, 2.45) is 11.1 Å². The molecule has 2 rings (SSSR count). The standard InChI is InChI=1S/C16H31N3O/c1-2-19-11-7-8-14(12-19)18-15(20)16(13-17)9-5-3-4-6-10-16/h14H,2-13,17H2,1H3,(H,18,20). The Bertz CT molecular complexity index is 311. The molecule has 0 bridgehead atoms. The van der Waals surface area contributed by atoms with Crippen molar-refractivity contribution in [1.82, 2.24) is 10.2 Å². The summed E-state index contributed by atoms with van der Waals surface area (Å²) < 4.78 is 0. The molecule has 1 atom stereocenters. The summed E-state index contributed by atoms with van der Waals surface area (Å²) in [6.07, 6.45) is 9.05. The fraction of sp³-hybridized carbons (Fsp3) is 0.938. The molecule has 1 unspecified atom stereocenters. The highest BCUT2D eigenvalue weighted by molar-refractivity contribution is 5.83. The number of nitrogens with one attached hydrogen (secondary N) is 1. The normalized spacial score (nSPS) is 27.8. The predicted octanol–water partition coefficient (Wildman–Crippen LogP) is 1.89. The summed E-state index contributed by atoms with van der Waals surface area (Å²) in [5, 5.41) is 3.31. The minimum atomic E-state index is -0.287. The average molecular weight is 281 g/mol. The van der Waals surface area contributed by atoms with Crippen molar-refractivity contribution in [1.29, 1.82) is 0 Å². The topological polar surface area (TPSA) is 58.4 Å². The number of amides is 1. The number of likely N-dealkylation sites (tertiary alicyclic amines) is 1. The maximum absolute atomic E-state index is 12.8.